The van der Waals surface area contributed by atoms with E-state index in [1.54, 1.807) is 18.7 Å². The maximum atomic E-state index is 10.8. The predicted octanol–water partition coefficient (Wildman–Crippen LogP) is 3.11. The van der Waals surface area contributed by atoms with Crippen LogP contribution in [0.3, 0.4) is 0 Å². The van der Waals surface area contributed by atoms with Gasteiger partial charge in [-0.1, -0.05) is 19.6 Å². The topological polar surface area (TPSA) is 43.4 Å². The summed E-state index contributed by atoms with van der Waals surface area (Å²) in [5.41, 5.74) is 0. The van der Waals surface area contributed by atoms with Gasteiger partial charge in [0.05, 0.1) is 5.75 Å². The van der Waals surface area contributed by atoms with Crippen molar-refractivity contribution in [2.75, 3.05) is 5.75 Å². The van der Waals surface area contributed by atoms with Gasteiger partial charge in [-0.25, -0.2) is 4.79 Å². The van der Waals surface area contributed by atoms with Crippen LogP contribution in [0.25, 0.3) is 0 Å². The third-order valence-electron chi connectivity index (χ3n) is 2.07. The second kappa shape index (κ2) is 5.07. The van der Waals surface area contributed by atoms with E-state index in [0.29, 0.717) is 11.5 Å². The van der Waals surface area contributed by atoms with E-state index < -0.39 is 13.9 Å². The summed E-state index contributed by atoms with van der Waals surface area (Å²) in [7, 11) is -0.940. The van der Waals surface area contributed by atoms with Gasteiger partial charge in [-0.15, -0.1) is 0 Å². The zero-order chi connectivity index (χ0) is 11.5. The van der Waals surface area contributed by atoms with Crippen molar-refractivity contribution >= 4 is 19.8 Å². The Labute approximate surface area is 95.3 Å². The van der Waals surface area contributed by atoms with E-state index in [9.17, 15) is 4.79 Å². The average molecular weight is 246 g/mol. The molecule has 1 heterocycles. The van der Waals surface area contributed by atoms with E-state index in [1.807, 2.05) is 0 Å². The molecule has 0 saturated carbocycles. The van der Waals surface area contributed by atoms with Gasteiger partial charge in [0.2, 0.25) is 0 Å². The average Bonchev–Trinajstić information content (AvgIpc) is 2.37. The summed E-state index contributed by atoms with van der Waals surface area (Å²) in [5.74, 6) is 2.57. The number of hydrogen-bond acceptors (Lipinski definition) is 4. The molecule has 86 valence electrons. The first-order valence-corrected chi connectivity index (χ1v) is 9.92. The Bertz CT molecular complexity index is 361. The summed E-state index contributed by atoms with van der Waals surface area (Å²) in [6.45, 7) is 8.84. The van der Waals surface area contributed by atoms with Crippen LogP contribution in [-0.4, -0.2) is 13.8 Å². The van der Waals surface area contributed by atoms with Gasteiger partial charge in [0, 0.05) is 8.07 Å². The van der Waals surface area contributed by atoms with E-state index in [4.69, 9.17) is 8.83 Å². The van der Waals surface area contributed by atoms with Crippen LogP contribution in [0.1, 0.15) is 11.5 Å². The minimum absolute atomic E-state index is 0.590. The fourth-order valence-corrected chi connectivity index (χ4v) is 4.67. The first-order valence-electron chi connectivity index (χ1n) is 5.06. The van der Waals surface area contributed by atoms with Gasteiger partial charge in [0.25, 0.3) is 0 Å². The molecule has 0 amide bonds. The summed E-state index contributed by atoms with van der Waals surface area (Å²) >= 11 is 1.80. The third-order valence-corrected chi connectivity index (χ3v) is 5.14. The van der Waals surface area contributed by atoms with Crippen molar-refractivity contribution < 1.29 is 8.83 Å². The second-order valence-corrected chi connectivity index (χ2v) is 11.5. The van der Waals surface area contributed by atoms with E-state index in [2.05, 4.69) is 19.6 Å². The second-order valence-electron chi connectivity index (χ2n) is 4.80. The quantitative estimate of drug-likeness (QED) is 0.591. The lowest BCUT2D eigenvalue weighted by Gasteiger charge is -2.14. The highest BCUT2D eigenvalue weighted by Gasteiger charge is 2.13. The van der Waals surface area contributed by atoms with E-state index >= 15 is 0 Å². The molecule has 0 unspecified atom stereocenters. The molecule has 0 bridgehead atoms. The maximum absolute atomic E-state index is 10.8. The lowest BCUT2D eigenvalue weighted by Crippen LogP contribution is -2.19. The van der Waals surface area contributed by atoms with Gasteiger partial charge in [-0.3, -0.25) is 0 Å². The Morgan fingerprint density at radius 3 is 2.40 bits per heavy atom. The molecule has 0 aliphatic heterocycles. The van der Waals surface area contributed by atoms with Crippen molar-refractivity contribution in [3.05, 3.63) is 22.1 Å². The molecule has 0 aliphatic carbocycles. The lowest BCUT2D eigenvalue weighted by molar-refractivity contribution is 0.372. The molecule has 1 rings (SSSR count). The molecule has 0 saturated heterocycles. The summed E-state index contributed by atoms with van der Waals surface area (Å²) in [5, 5.41) is 0. The highest BCUT2D eigenvalue weighted by molar-refractivity contribution is 7.98. The first-order chi connectivity index (χ1) is 6.88. The molecule has 0 spiro atoms. The summed E-state index contributed by atoms with van der Waals surface area (Å²) < 4.78 is 9.70. The molecule has 1 aromatic rings. The normalized spacial score (nSPS) is 12.0. The van der Waals surface area contributed by atoms with Crippen LogP contribution in [-0.2, 0) is 5.75 Å². The number of hydrogen-bond donors (Lipinski definition) is 0. The molecule has 0 aromatic carbocycles. The standard InChI is InChI=1S/C10H18O3SSi/c1-8-9(13-10(11)12-8)7-14-5-6-15(2,3)4/h5-7H2,1-4H3. The van der Waals surface area contributed by atoms with Crippen molar-refractivity contribution in [1.29, 1.82) is 0 Å². The van der Waals surface area contributed by atoms with Crippen LogP contribution in [0.5, 0.6) is 0 Å². The van der Waals surface area contributed by atoms with Gasteiger partial charge in [-0.2, -0.15) is 11.8 Å². The van der Waals surface area contributed by atoms with Gasteiger partial charge < -0.3 is 8.83 Å². The molecule has 0 radical (unpaired) electrons. The summed E-state index contributed by atoms with van der Waals surface area (Å²) in [6.07, 6.45) is 0. The smallest absolute Gasteiger partial charge is 0.396 e. The van der Waals surface area contributed by atoms with Crippen molar-refractivity contribution in [2.45, 2.75) is 38.4 Å². The molecular weight excluding hydrogens is 228 g/mol. The number of aryl methyl sites for hydroxylation is 1. The third kappa shape index (κ3) is 4.75. The Morgan fingerprint density at radius 2 is 1.93 bits per heavy atom. The van der Waals surface area contributed by atoms with Gasteiger partial charge in [0.15, 0.2) is 5.76 Å². The Balaban J connectivity index is 2.32. The summed E-state index contributed by atoms with van der Waals surface area (Å²) in [4.78, 5) is 10.8. The van der Waals surface area contributed by atoms with Crippen LogP contribution < -0.4 is 5.82 Å². The maximum Gasteiger partial charge on any atom is 0.519 e. The lowest BCUT2D eigenvalue weighted by atomic mass is 10.4. The van der Waals surface area contributed by atoms with Crippen LogP contribution in [0.2, 0.25) is 25.7 Å². The highest BCUT2D eigenvalue weighted by atomic mass is 32.2. The monoisotopic (exact) mass is 246 g/mol. The van der Waals surface area contributed by atoms with E-state index in [1.165, 1.54) is 6.04 Å². The number of rotatable bonds is 5. The minimum atomic E-state index is -0.940. The highest BCUT2D eigenvalue weighted by Crippen LogP contribution is 2.19. The fraction of sp³-hybridized carbons (Fsp3) is 0.700. The molecular formula is C10H18O3SSi. The Morgan fingerprint density at radius 1 is 1.27 bits per heavy atom. The molecule has 5 heteroatoms. The molecule has 15 heavy (non-hydrogen) atoms. The Hall–Kier alpha value is -0.423. The van der Waals surface area contributed by atoms with Crippen LogP contribution in [0, 0.1) is 6.92 Å². The molecule has 0 fully saturated rings. The molecule has 0 atom stereocenters. The predicted molar refractivity (Wildman–Crippen MR) is 66.3 cm³/mol. The van der Waals surface area contributed by atoms with Gasteiger partial charge >= 0.3 is 5.82 Å². The zero-order valence-corrected chi connectivity index (χ0v) is 11.6. The van der Waals surface area contributed by atoms with E-state index in [-0.39, 0.29) is 0 Å². The SMILES string of the molecule is Cc1oc(=O)oc1CSCC[Si](C)(C)C. The minimum Gasteiger partial charge on any atom is -0.396 e. The van der Waals surface area contributed by atoms with Crippen molar-refractivity contribution in [2.24, 2.45) is 0 Å². The molecule has 0 N–H and O–H groups in total. The first kappa shape index (κ1) is 12.6. The number of thioether (sulfide) groups is 1. The Kier molecular flexibility index (Phi) is 4.28. The van der Waals surface area contributed by atoms with Crippen molar-refractivity contribution in [3.63, 3.8) is 0 Å². The summed E-state index contributed by atoms with van der Waals surface area (Å²) in [6, 6.07) is 1.29. The molecule has 0 aliphatic rings. The zero-order valence-electron chi connectivity index (χ0n) is 9.75. The van der Waals surface area contributed by atoms with Crippen LogP contribution in [0.15, 0.2) is 13.6 Å². The van der Waals surface area contributed by atoms with Crippen LogP contribution >= 0.6 is 11.8 Å². The fourth-order valence-electron chi connectivity index (χ4n) is 1.05. The molecule has 1 aromatic heterocycles. The molecule has 3 nitrogen and oxygen atoms in total. The van der Waals surface area contributed by atoms with Crippen LogP contribution in [0.4, 0.5) is 0 Å². The van der Waals surface area contributed by atoms with E-state index in [0.717, 1.165) is 11.5 Å². The van der Waals surface area contributed by atoms with Crippen molar-refractivity contribution in [3.8, 4) is 0 Å². The van der Waals surface area contributed by atoms with Gasteiger partial charge in [-0.05, 0) is 18.7 Å². The van der Waals surface area contributed by atoms with Crippen molar-refractivity contribution in [1.82, 2.24) is 0 Å². The van der Waals surface area contributed by atoms with Gasteiger partial charge in [0.1, 0.15) is 5.76 Å². The largest absolute Gasteiger partial charge is 0.519 e.